The molecule has 1 atom stereocenters. The number of hydrogen-bond acceptors (Lipinski definition) is 6. The predicted molar refractivity (Wildman–Crippen MR) is 118 cm³/mol. The monoisotopic (exact) mass is 400 g/mol. The molecule has 0 amide bonds. The van der Waals surface area contributed by atoms with E-state index in [1.807, 2.05) is 25.1 Å². The number of methoxy groups -OCH3 is 1. The van der Waals surface area contributed by atoms with Gasteiger partial charge in [-0.15, -0.1) is 0 Å². The number of nitrogens with zero attached hydrogens (tertiary/aromatic N) is 4. The smallest absolute Gasteiger partial charge is 0.160 e. The number of imidazole rings is 1. The molecule has 3 aromatic heterocycles. The van der Waals surface area contributed by atoms with Crippen LogP contribution in [-0.4, -0.2) is 26.6 Å². The number of hydrogen-bond donors (Lipinski definition) is 2. The van der Waals surface area contributed by atoms with Crippen molar-refractivity contribution in [2.75, 3.05) is 18.6 Å². The summed E-state index contributed by atoms with van der Waals surface area (Å²) in [6.45, 7) is 2.05. The van der Waals surface area contributed by atoms with Crippen LogP contribution in [0.5, 0.6) is 5.75 Å². The molecule has 1 aromatic carbocycles. The van der Waals surface area contributed by atoms with Crippen LogP contribution in [0, 0.1) is 6.92 Å². The lowest BCUT2D eigenvalue weighted by atomic mass is 9.87. The van der Waals surface area contributed by atoms with Gasteiger partial charge in [-0.05, 0) is 67.6 Å². The molecule has 4 aromatic rings. The minimum absolute atomic E-state index is 0.296. The highest BCUT2D eigenvalue weighted by Gasteiger charge is 2.25. The van der Waals surface area contributed by atoms with E-state index < -0.39 is 0 Å². The van der Waals surface area contributed by atoms with Crippen molar-refractivity contribution in [1.82, 2.24) is 19.5 Å². The number of benzene rings is 1. The summed E-state index contributed by atoms with van der Waals surface area (Å²) < 4.78 is 7.83. The molecule has 0 aliphatic heterocycles. The summed E-state index contributed by atoms with van der Waals surface area (Å²) in [6, 6.07) is 14.1. The van der Waals surface area contributed by atoms with Crippen LogP contribution in [0.1, 0.15) is 29.4 Å². The van der Waals surface area contributed by atoms with Crippen molar-refractivity contribution >= 4 is 22.8 Å². The van der Waals surface area contributed by atoms with Gasteiger partial charge in [-0.1, -0.05) is 12.1 Å². The number of rotatable bonds is 3. The lowest BCUT2D eigenvalue weighted by molar-refractivity contribution is 0.392. The average molecular weight is 400 g/mol. The number of aromatic nitrogens is 4. The zero-order chi connectivity index (χ0) is 20.8. The number of aryl methyl sites for hydroxylation is 1. The van der Waals surface area contributed by atoms with Crippen LogP contribution in [0.15, 0.2) is 42.5 Å². The Morgan fingerprint density at radius 3 is 2.60 bits per heavy atom. The van der Waals surface area contributed by atoms with Gasteiger partial charge in [0.1, 0.15) is 28.7 Å². The van der Waals surface area contributed by atoms with E-state index in [2.05, 4.69) is 21.7 Å². The number of fused-ring (bicyclic) bond motifs is 2. The van der Waals surface area contributed by atoms with Gasteiger partial charge in [-0.2, -0.15) is 0 Å². The number of ether oxygens (including phenoxy) is 1. The van der Waals surface area contributed by atoms with Crippen LogP contribution in [0.3, 0.4) is 0 Å². The van der Waals surface area contributed by atoms with Crippen molar-refractivity contribution in [3.05, 3.63) is 59.4 Å². The molecule has 0 saturated carbocycles. The van der Waals surface area contributed by atoms with Crippen molar-refractivity contribution in [1.29, 1.82) is 0 Å². The molecule has 1 aliphatic rings. The molecular formula is C23H24N6O. The number of anilines is 2. The second-order valence-electron chi connectivity index (χ2n) is 7.77. The Kier molecular flexibility index (Phi) is 4.31. The van der Waals surface area contributed by atoms with Gasteiger partial charge in [0.25, 0.3) is 0 Å². The highest BCUT2D eigenvalue weighted by Crippen LogP contribution is 2.36. The maximum atomic E-state index is 5.88. The zero-order valence-corrected chi connectivity index (χ0v) is 17.1. The van der Waals surface area contributed by atoms with Crippen LogP contribution >= 0.6 is 0 Å². The zero-order valence-electron chi connectivity index (χ0n) is 17.1. The summed E-state index contributed by atoms with van der Waals surface area (Å²) in [5.41, 5.74) is 17.8. The van der Waals surface area contributed by atoms with Crippen LogP contribution in [0.25, 0.3) is 22.4 Å². The molecule has 0 bridgehead atoms. The highest BCUT2D eigenvalue weighted by atomic mass is 16.5. The normalized spacial score (nSPS) is 15.9. The van der Waals surface area contributed by atoms with E-state index in [1.54, 1.807) is 19.2 Å². The van der Waals surface area contributed by atoms with Crippen molar-refractivity contribution in [3.8, 4) is 17.0 Å². The second-order valence-corrected chi connectivity index (χ2v) is 7.77. The molecule has 5 rings (SSSR count). The molecule has 0 fully saturated rings. The molecule has 152 valence electrons. The Labute approximate surface area is 174 Å². The SMILES string of the molecule is COc1cccc2c1CCC(n1c(C)nc3ccc(-c4cc(N)nc(N)c4)nc31)C2. The van der Waals surface area contributed by atoms with Gasteiger partial charge in [0.15, 0.2) is 5.65 Å². The first-order chi connectivity index (χ1) is 14.5. The van der Waals surface area contributed by atoms with Crippen molar-refractivity contribution in [2.45, 2.75) is 32.2 Å². The van der Waals surface area contributed by atoms with Crippen LogP contribution < -0.4 is 16.2 Å². The number of nitrogen functional groups attached to an aromatic ring is 2. The third kappa shape index (κ3) is 3.03. The average Bonchev–Trinajstić information content (AvgIpc) is 3.07. The van der Waals surface area contributed by atoms with Crippen molar-refractivity contribution in [3.63, 3.8) is 0 Å². The molecular weight excluding hydrogens is 376 g/mol. The Morgan fingerprint density at radius 1 is 1.03 bits per heavy atom. The van der Waals surface area contributed by atoms with Gasteiger partial charge in [0.05, 0.1) is 12.8 Å². The minimum Gasteiger partial charge on any atom is -0.496 e. The maximum absolute atomic E-state index is 5.88. The first kappa shape index (κ1) is 18.4. The first-order valence-electron chi connectivity index (χ1n) is 10.1. The summed E-state index contributed by atoms with van der Waals surface area (Å²) in [4.78, 5) is 13.8. The maximum Gasteiger partial charge on any atom is 0.160 e. The quantitative estimate of drug-likeness (QED) is 0.543. The molecule has 1 aliphatic carbocycles. The van der Waals surface area contributed by atoms with Crippen LogP contribution in [-0.2, 0) is 12.8 Å². The van der Waals surface area contributed by atoms with Gasteiger partial charge < -0.3 is 20.8 Å². The van der Waals surface area contributed by atoms with Gasteiger partial charge in [0, 0.05) is 11.6 Å². The number of nitrogens with two attached hydrogens (primary N) is 2. The Balaban J connectivity index is 1.58. The largest absolute Gasteiger partial charge is 0.496 e. The summed E-state index contributed by atoms with van der Waals surface area (Å²) in [5.74, 6) is 2.72. The standard InChI is InChI=1S/C23H24N6O/c1-13-26-19-9-8-18(15-11-21(24)28-22(25)12-15)27-23(19)29(13)16-6-7-17-14(10-16)4-3-5-20(17)30-2/h3-5,8-9,11-12,16H,6-7,10H2,1-2H3,(H4,24,25,28). The fraction of sp³-hybridized carbons (Fsp3) is 0.261. The van der Waals surface area contributed by atoms with Gasteiger partial charge in [-0.25, -0.2) is 15.0 Å². The summed E-state index contributed by atoms with van der Waals surface area (Å²) in [7, 11) is 1.74. The van der Waals surface area contributed by atoms with E-state index in [-0.39, 0.29) is 0 Å². The molecule has 0 saturated heterocycles. The first-order valence-corrected chi connectivity index (χ1v) is 10.1. The highest BCUT2D eigenvalue weighted by molar-refractivity contribution is 5.77. The third-order valence-corrected chi connectivity index (χ3v) is 5.87. The van der Waals surface area contributed by atoms with E-state index in [0.717, 1.165) is 53.3 Å². The molecule has 0 radical (unpaired) electrons. The molecule has 3 heterocycles. The molecule has 7 nitrogen and oxygen atoms in total. The third-order valence-electron chi connectivity index (χ3n) is 5.87. The summed E-state index contributed by atoms with van der Waals surface area (Å²) in [6.07, 6.45) is 2.92. The van der Waals surface area contributed by atoms with E-state index in [9.17, 15) is 0 Å². The second kappa shape index (κ2) is 7.02. The lowest BCUT2D eigenvalue weighted by Crippen LogP contribution is -2.20. The van der Waals surface area contributed by atoms with Gasteiger partial charge >= 0.3 is 0 Å². The van der Waals surface area contributed by atoms with Crippen molar-refractivity contribution < 1.29 is 4.74 Å². The van der Waals surface area contributed by atoms with Crippen LogP contribution in [0.4, 0.5) is 11.6 Å². The molecule has 4 N–H and O–H groups in total. The predicted octanol–water partition coefficient (Wildman–Crippen LogP) is 3.70. The molecule has 7 heteroatoms. The van der Waals surface area contributed by atoms with E-state index in [1.165, 1.54) is 11.1 Å². The van der Waals surface area contributed by atoms with Crippen molar-refractivity contribution in [2.24, 2.45) is 0 Å². The fourth-order valence-corrected chi connectivity index (χ4v) is 4.57. The fourth-order valence-electron chi connectivity index (χ4n) is 4.57. The van der Waals surface area contributed by atoms with Crippen LogP contribution in [0.2, 0.25) is 0 Å². The van der Waals surface area contributed by atoms with Gasteiger partial charge in [-0.3, -0.25) is 0 Å². The Hall–Kier alpha value is -3.61. The molecule has 1 unspecified atom stereocenters. The topological polar surface area (TPSA) is 105 Å². The van der Waals surface area contributed by atoms with E-state index in [0.29, 0.717) is 17.7 Å². The van der Waals surface area contributed by atoms with E-state index >= 15 is 0 Å². The summed E-state index contributed by atoms with van der Waals surface area (Å²) >= 11 is 0. The van der Waals surface area contributed by atoms with E-state index in [4.69, 9.17) is 26.2 Å². The Morgan fingerprint density at radius 2 is 1.83 bits per heavy atom. The molecule has 30 heavy (non-hydrogen) atoms. The number of pyridine rings is 2. The Bertz CT molecular complexity index is 1240. The van der Waals surface area contributed by atoms with Gasteiger partial charge in [0.2, 0.25) is 0 Å². The lowest BCUT2D eigenvalue weighted by Gasteiger charge is -2.28. The minimum atomic E-state index is 0.296. The molecule has 0 spiro atoms. The summed E-state index contributed by atoms with van der Waals surface area (Å²) in [5, 5.41) is 0.